The molecule has 2 saturated carbocycles. The van der Waals surface area contributed by atoms with E-state index in [0.717, 1.165) is 31.5 Å². The Labute approximate surface area is 132 Å². The van der Waals surface area contributed by atoms with Gasteiger partial charge >= 0.3 is 0 Å². The van der Waals surface area contributed by atoms with Crippen LogP contribution in [0.15, 0.2) is 35.4 Å². The lowest BCUT2D eigenvalue weighted by atomic mass is 9.70. The van der Waals surface area contributed by atoms with Gasteiger partial charge in [0, 0.05) is 18.4 Å². The summed E-state index contributed by atoms with van der Waals surface area (Å²) < 4.78 is 0. The number of carbonyl (C=O) groups excluding carboxylic acids is 1. The van der Waals surface area contributed by atoms with Crippen LogP contribution in [0.4, 0.5) is 0 Å². The van der Waals surface area contributed by atoms with E-state index in [-0.39, 0.29) is 16.9 Å². The zero-order valence-corrected chi connectivity index (χ0v) is 13.7. The molecule has 4 rings (SSSR count). The molecule has 1 heterocycles. The highest BCUT2D eigenvalue weighted by molar-refractivity contribution is 6.02. The van der Waals surface area contributed by atoms with E-state index in [0.29, 0.717) is 11.7 Å². The fraction of sp³-hybridized carbons (Fsp3) is 0.579. The van der Waals surface area contributed by atoms with Gasteiger partial charge in [0.15, 0.2) is 5.78 Å². The highest BCUT2D eigenvalue weighted by Gasteiger charge is 2.67. The summed E-state index contributed by atoms with van der Waals surface area (Å²) >= 11 is 0. The highest BCUT2D eigenvalue weighted by atomic mass is 16.1. The van der Waals surface area contributed by atoms with E-state index in [1.807, 2.05) is 18.2 Å². The normalized spacial score (nSPS) is 36.0. The third-order valence-electron chi connectivity index (χ3n) is 6.75. The number of ketones is 1. The van der Waals surface area contributed by atoms with E-state index in [4.69, 9.17) is 5.10 Å². The van der Waals surface area contributed by atoms with Gasteiger partial charge in [0.2, 0.25) is 0 Å². The maximum Gasteiger partial charge on any atom is 0.163 e. The Morgan fingerprint density at radius 2 is 1.91 bits per heavy atom. The van der Waals surface area contributed by atoms with Crippen molar-refractivity contribution >= 4 is 11.5 Å². The molecule has 0 N–H and O–H groups in total. The summed E-state index contributed by atoms with van der Waals surface area (Å²) in [6, 6.07) is 10.3. The summed E-state index contributed by atoms with van der Waals surface area (Å²) in [5, 5.41) is 6.93. The Morgan fingerprint density at radius 3 is 2.55 bits per heavy atom. The molecule has 0 saturated heterocycles. The number of benzene rings is 1. The molecule has 116 valence electrons. The molecular weight excluding hydrogens is 272 g/mol. The van der Waals surface area contributed by atoms with Crippen LogP contribution in [0, 0.1) is 16.7 Å². The first-order valence-corrected chi connectivity index (χ1v) is 8.39. The molecule has 0 aromatic heterocycles. The van der Waals surface area contributed by atoms with Crippen LogP contribution in [0.5, 0.6) is 0 Å². The summed E-state index contributed by atoms with van der Waals surface area (Å²) in [5.74, 6) is 0.871. The first-order chi connectivity index (χ1) is 10.4. The molecule has 3 unspecified atom stereocenters. The van der Waals surface area contributed by atoms with Gasteiger partial charge in [-0.05, 0) is 29.7 Å². The third kappa shape index (κ3) is 1.62. The topological polar surface area (TPSA) is 32.7 Å². The number of fused-ring (bicyclic) bond motifs is 2. The van der Waals surface area contributed by atoms with Gasteiger partial charge in [-0.15, -0.1) is 0 Å². The van der Waals surface area contributed by atoms with Crippen LogP contribution in [-0.4, -0.2) is 29.1 Å². The van der Waals surface area contributed by atoms with Gasteiger partial charge in [-0.25, -0.2) is 0 Å². The Balaban J connectivity index is 1.65. The maximum atomic E-state index is 13.0. The van der Waals surface area contributed by atoms with Crippen molar-refractivity contribution in [1.82, 2.24) is 5.01 Å². The van der Waals surface area contributed by atoms with Crippen molar-refractivity contribution in [3.05, 3.63) is 35.9 Å². The first-order valence-electron chi connectivity index (χ1n) is 8.39. The molecule has 3 aliphatic rings. The molecule has 1 aromatic carbocycles. The second kappa shape index (κ2) is 4.43. The number of hydrazone groups is 1. The van der Waals surface area contributed by atoms with Crippen molar-refractivity contribution < 1.29 is 4.79 Å². The second-order valence-electron chi connectivity index (χ2n) is 7.83. The SMILES string of the molecule is CC12CCC(C(N3CCC(c4ccccc4)=N3)C1=O)C2(C)C. The first kappa shape index (κ1) is 14.0. The highest BCUT2D eigenvalue weighted by Crippen LogP contribution is 2.64. The fourth-order valence-corrected chi connectivity index (χ4v) is 4.89. The molecule has 3 heteroatoms. The summed E-state index contributed by atoms with van der Waals surface area (Å²) in [6.07, 6.45) is 3.15. The molecule has 3 nitrogen and oxygen atoms in total. The van der Waals surface area contributed by atoms with Crippen LogP contribution in [0.1, 0.15) is 45.6 Å². The van der Waals surface area contributed by atoms with Crippen LogP contribution in [0.2, 0.25) is 0 Å². The van der Waals surface area contributed by atoms with E-state index in [1.165, 1.54) is 5.56 Å². The molecule has 1 aromatic rings. The fourth-order valence-electron chi connectivity index (χ4n) is 4.89. The minimum absolute atomic E-state index is 0.00466. The van der Waals surface area contributed by atoms with Crippen LogP contribution < -0.4 is 0 Å². The molecular formula is C19H24N2O. The Morgan fingerprint density at radius 1 is 1.18 bits per heavy atom. The van der Waals surface area contributed by atoms with Gasteiger partial charge in [-0.3, -0.25) is 9.80 Å². The van der Waals surface area contributed by atoms with Crippen molar-refractivity contribution in [2.45, 2.75) is 46.1 Å². The lowest BCUT2D eigenvalue weighted by Gasteiger charge is -2.31. The van der Waals surface area contributed by atoms with Gasteiger partial charge in [-0.2, -0.15) is 5.10 Å². The van der Waals surface area contributed by atoms with E-state index < -0.39 is 0 Å². The largest absolute Gasteiger partial charge is 0.297 e. The van der Waals surface area contributed by atoms with Crippen molar-refractivity contribution in [1.29, 1.82) is 0 Å². The van der Waals surface area contributed by atoms with Crippen molar-refractivity contribution in [3.8, 4) is 0 Å². The number of Topliss-reactive ketones (excluding diaryl/α,β-unsaturated/α-hetero) is 1. The monoisotopic (exact) mass is 296 g/mol. The quantitative estimate of drug-likeness (QED) is 0.837. The molecule has 0 radical (unpaired) electrons. The van der Waals surface area contributed by atoms with Crippen LogP contribution in [0.3, 0.4) is 0 Å². The van der Waals surface area contributed by atoms with E-state index >= 15 is 0 Å². The minimum Gasteiger partial charge on any atom is -0.297 e. The zero-order valence-electron chi connectivity index (χ0n) is 13.7. The Hall–Kier alpha value is -1.64. The summed E-state index contributed by atoms with van der Waals surface area (Å²) in [6.45, 7) is 7.61. The standard InChI is InChI=1S/C19H24N2O/c1-18(2)14-9-11-19(18,3)17(22)16(14)21-12-10-15(20-21)13-7-5-4-6-8-13/h4-8,14,16H,9-12H2,1-3H3. The van der Waals surface area contributed by atoms with Crippen LogP contribution in [0.25, 0.3) is 0 Å². The van der Waals surface area contributed by atoms with Gasteiger partial charge in [0.1, 0.15) is 6.04 Å². The van der Waals surface area contributed by atoms with Gasteiger partial charge in [0.05, 0.1) is 5.71 Å². The summed E-state index contributed by atoms with van der Waals surface area (Å²) in [4.78, 5) is 13.0. The molecule has 2 bridgehead atoms. The summed E-state index contributed by atoms with van der Waals surface area (Å²) in [5.41, 5.74) is 2.25. The average Bonchev–Trinajstić information content (AvgIpc) is 3.11. The summed E-state index contributed by atoms with van der Waals surface area (Å²) in [7, 11) is 0. The number of carbonyl (C=O) groups is 1. The van der Waals surface area contributed by atoms with E-state index in [9.17, 15) is 4.79 Å². The smallest absolute Gasteiger partial charge is 0.163 e. The molecule has 2 aliphatic carbocycles. The Kier molecular flexibility index (Phi) is 2.82. The van der Waals surface area contributed by atoms with Crippen LogP contribution >= 0.6 is 0 Å². The maximum absolute atomic E-state index is 13.0. The third-order valence-corrected chi connectivity index (χ3v) is 6.75. The van der Waals surface area contributed by atoms with Crippen molar-refractivity contribution in [2.24, 2.45) is 21.8 Å². The number of rotatable bonds is 2. The molecule has 1 aliphatic heterocycles. The van der Waals surface area contributed by atoms with Gasteiger partial charge in [-0.1, -0.05) is 51.1 Å². The van der Waals surface area contributed by atoms with E-state index in [2.05, 4.69) is 37.9 Å². The number of nitrogens with zero attached hydrogens (tertiary/aromatic N) is 2. The lowest BCUT2D eigenvalue weighted by molar-refractivity contribution is -0.132. The predicted molar refractivity (Wildman–Crippen MR) is 87.7 cm³/mol. The molecule has 2 fully saturated rings. The molecule has 0 amide bonds. The molecule has 22 heavy (non-hydrogen) atoms. The van der Waals surface area contributed by atoms with Gasteiger partial charge in [0.25, 0.3) is 0 Å². The number of hydrogen-bond donors (Lipinski definition) is 0. The minimum atomic E-state index is -0.159. The van der Waals surface area contributed by atoms with Gasteiger partial charge < -0.3 is 0 Å². The Bertz CT molecular complexity index is 649. The molecule has 3 atom stereocenters. The van der Waals surface area contributed by atoms with Crippen LogP contribution in [-0.2, 0) is 4.79 Å². The predicted octanol–water partition coefficient (Wildman–Crippen LogP) is 3.49. The molecule has 0 spiro atoms. The van der Waals surface area contributed by atoms with Crippen molar-refractivity contribution in [2.75, 3.05) is 6.54 Å². The average molecular weight is 296 g/mol. The number of hydrogen-bond acceptors (Lipinski definition) is 3. The second-order valence-corrected chi connectivity index (χ2v) is 7.83. The van der Waals surface area contributed by atoms with E-state index in [1.54, 1.807) is 0 Å². The zero-order chi connectivity index (χ0) is 15.5. The lowest BCUT2D eigenvalue weighted by Crippen LogP contribution is -2.43. The van der Waals surface area contributed by atoms with Crippen molar-refractivity contribution in [3.63, 3.8) is 0 Å².